The quantitative estimate of drug-likeness (QED) is 0.597. The normalized spacial score (nSPS) is 13.6. The number of nitrogens with two attached hydrogens (primary N) is 1. The second-order valence-electron chi connectivity index (χ2n) is 1.97. The molecule has 1 aromatic rings. The van der Waals surface area contributed by atoms with E-state index in [0.717, 1.165) is 0 Å². The lowest BCUT2D eigenvalue weighted by atomic mass is 10.4. The van der Waals surface area contributed by atoms with E-state index in [1.807, 2.05) is 6.92 Å². The van der Waals surface area contributed by atoms with Crippen LogP contribution in [0.25, 0.3) is 0 Å². The summed E-state index contributed by atoms with van der Waals surface area (Å²) in [7, 11) is 0. The first-order valence-electron chi connectivity index (χ1n) is 2.90. The van der Waals surface area contributed by atoms with Gasteiger partial charge in [0, 0.05) is 12.7 Å². The van der Waals surface area contributed by atoms with Crippen molar-refractivity contribution in [2.24, 2.45) is 5.73 Å². The second-order valence-corrected chi connectivity index (χ2v) is 1.97. The fourth-order valence-corrected chi connectivity index (χ4v) is 0.560. The fraction of sp³-hybridized carbons (Fsp3) is 0.600. The minimum absolute atomic E-state index is 0.257. The van der Waals surface area contributed by atoms with Gasteiger partial charge in [-0.1, -0.05) is 5.21 Å². The van der Waals surface area contributed by atoms with Crippen molar-refractivity contribution in [3.63, 3.8) is 0 Å². The first kappa shape index (κ1) is 6.22. The summed E-state index contributed by atoms with van der Waals surface area (Å²) in [6.07, 6.45) is 3.45. The van der Waals surface area contributed by atoms with Crippen LogP contribution in [0.4, 0.5) is 0 Å². The molecule has 0 bridgehead atoms. The van der Waals surface area contributed by atoms with Gasteiger partial charge in [0.15, 0.2) is 0 Å². The smallest absolute Gasteiger partial charge is 0.0693 e. The van der Waals surface area contributed by atoms with Crippen LogP contribution >= 0.6 is 0 Å². The van der Waals surface area contributed by atoms with Gasteiger partial charge in [-0.3, -0.25) is 0 Å². The molecule has 0 unspecified atom stereocenters. The van der Waals surface area contributed by atoms with Crippen molar-refractivity contribution in [1.29, 1.82) is 0 Å². The molecule has 0 aromatic carbocycles. The molecule has 0 aliphatic carbocycles. The Morgan fingerprint density at radius 3 is 3.00 bits per heavy atom. The molecule has 1 rings (SSSR count). The first-order valence-corrected chi connectivity index (χ1v) is 2.90. The van der Waals surface area contributed by atoms with E-state index in [4.69, 9.17) is 5.73 Å². The predicted octanol–water partition coefficient (Wildman–Crippen LogP) is -0.202. The molecule has 0 spiro atoms. The SMILES string of the molecule is C[C@@H](CN)n1ccnn1. The topological polar surface area (TPSA) is 56.7 Å². The molecule has 2 N–H and O–H groups in total. The highest BCUT2D eigenvalue weighted by atomic mass is 15.4. The molecule has 1 aromatic heterocycles. The van der Waals surface area contributed by atoms with E-state index in [9.17, 15) is 0 Å². The van der Waals surface area contributed by atoms with E-state index in [2.05, 4.69) is 10.3 Å². The summed E-state index contributed by atoms with van der Waals surface area (Å²) in [5, 5.41) is 7.42. The summed E-state index contributed by atoms with van der Waals surface area (Å²) < 4.78 is 1.74. The van der Waals surface area contributed by atoms with Crippen LogP contribution in [-0.4, -0.2) is 21.5 Å². The summed E-state index contributed by atoms with van der Waals surface area (Å²) in [5.41, 5.74) is 5.37. The van der Waals surface area contributed by atoms with E-state index in [0.29, 0.717) is 6.54 Å². The van der Waals surface area contributed by atoms with Crippen molar-refractivity contribution in [3.8, 4) is 0 Å². The Kier molecular flexibility index (Phi) is 1.79. The third-order valence-electron chi connectivity index (χ3n) is 1.23. The Balaban J connectivity index is 2.65. The molecular formula is C5H10N4. The number of hydrogen-bond acceptors (Lipinski definition) is 3. The van der Waals surface area contributed by atoms with E-state index in [-0.39, 0.29) is 6.04 Å². The Morgan fingerprint density at radius 2 is 2.56 bits per heavy atom. The van der Waals surface area contributed by atoms with Crippen molar-refractivity contribution < 1.29 is 0 Å². The van der Waals surface area contributed by atoms with Crippen molar-refractivity contribution >= 4 is 0 Å². The summed E-state index contributed by atoms with van der Waals surface area (Å²) in [5.74, 6) is 0. The molecule has 0 fully saturated rings. The van der Waals surface area contributed by atoms with Gasteiger partial charge in [-0.25, -0.2) is 4.68 Å². The predicted molar refractivity (Wildman–Crippen MR) is 33.8 cm³/mol. The fourth-order valence-electron chi connectivity index (χ4n) is 0.560. The highest BCUT2D eigenvalue weighted by molar-refractivity contribution is 4.69. The van der Waals surface area contributed by atoms with Crippen molar-refractivity contribution in [2.45, 2.75) is 13.0 Å². The lowest BCUT2D eigenvalue weighted by molar-refractivity contribution is 0.485. The molecule has 0 aliphatic heterocycles. The molecule has 1 atom stereocenters. The zero-order valence-corrected chi connectivity index (χ0v) is 5.36. The Hall–Kier alpha value is -0.900. The Labute approximate surface area is 53.7 Å². The Bertz CT molecular complexity index is 157. The van der Waals surface area contributed by atoms with Crippen LogP contribution in [0.2, 0.25) is 0 Å². The highest BCUT2D eigenvalue weighted by Crippen LogP contribution is 1.96. The van der Waals surface area contributed by atoms with Crippen LogP contribution in [0.5, 0.6) is 0 Å². The van der Waals surface area contributed by atoms with Crippen LogP contribution in [-0.2, 0) is 0 Å². The van der Waals surface area contributed by atoms with Crippen LogP contribution in [0.1, 0.15) is 13.0 Å². The van der Waals surface area contributed by atoms with Crippen molar-refractivity contribution in [3.05, 3.63) is 12.4 Å². The maximum absolute atomic E-state index is 5.37. The van der Waals surface area contributed by atoms with Gasteiger partial charge in [-0.2, -0.15) is 0 Å². The summed E-state index contributed by atoms with van der Waals surface area (Å²) in [6, 6.07) is 0.257. The molecule has 0 radical (unpaired) electrons. The van der Waals surface area contributed by atoms with Crippen LogP contribution in [0.15, 0.2) is 12.4 Å². The summed E-state index contributed by atoms with van der Waals surface area (Å²) >= 11 is 0. The van der Waals surface area contributed by atoms with Gasteiger partial charge in [-0.15, -0.1) is 5.10 Å². The third kappa shape index (κ3) is 1.26. The number of rotatable bonds is 2. The first-order chi connectivity index (χ1) is 4.34. The summed E-state index contributed by atoms with van der Waals surface area (Å²) in [6.45, 7) is 2.60. The van der Waals surface area contributed by atoms with Crippen molar-refractivity contribution in [2.75, 3.05) is 6.54 Å². The minimum Gasteiger partial charge on any atom is -0.328 e. The van der Waals surface area contributed by atoms with E-state index in [1.54, 1.807) is 17.1 Å². The monoisotopic (exact) mass is 126 g/mol. The summed E-state index contributed by atoms with van der Waals surface area (Å²) in [4.78, 5) is 0. The highest BCUT2D eigenvalue weighted by Gasteiger charge is 1.99. The van der Waals surface area contributed by atoms with Gasteiger partial charge >= 0.3 is 0 Å². The molecule has 0 amide bonds. The molecule has 0 aliphatic rings. The Morgan fingerprint density at radius 1 is 1.78 bits per heavy atom. The van der Waals surface area contributed by atoms with Gasteiger partial charge < -0.3 is 5.73 Å². The van der Waals surface area contributed by atoms with E-state index in [1.165, 1.54) is 0 Å². The van der Waals surface area contributed by atoms with Gasteiger partial charge in [0.1, 0.15) is 0 Å². The van der Waals surface area contributed by atoms with Crippen LogP contribution in [0.3, 0.4) is 0 Å². The van der Waals surface area contributed by atoms with Crippen molar-refractivity contribution in [1.82, 2.24) is 15.0 Å². The minimum atomic E-state index is 0.257. The zero-order chi connectivity index (χ0) is 6.69. The molecule has 9 heavy (non-hydrogen) atoms. The largest absolute Gasteiger partial charge is 0.328 e. The third-order valence-corrected chi connectivity index (χ3v) is 1.23. The molecule has 50 valence electrons. The zero-order valence-electron chi connectivity index (χ0n) is 5.36. The van der Waals surface area contributed by atoms with E-state index >= 15 is 0 Å². The maximum atomic E-state index is 5.37. The van der Waals surface area contributed by atoms with Crippen LogP contribution in [0, 0.1) is 0 Å². The maximum Gasteiger partial charge on any atom is 0.0693 e. The number of hydrogen-bond donors (Lipinski definition) is 1. The molecule has 0 saturated heterocycles. The van der Waals surface area contributed by atoms with Crippen LogP contribution < -0.4 is 5.73 Å². The van der Waals surface area contributed by atoms with Gasteiger partial charge in [0.05, 0.1) is 12.2 Å². The molecule has 4 heteroatoms. The molecular weight excluding hydrogens is 116 g/mol. The second kappa shape index (κ2) is 2.59. The lowest BCUT2D eigenvalue weighted by Gasteiger charge is -2.05. The van der Waals surface area contributed by atoms with Gasteiger partial charge in [0.25, 0.3) is 0 Å². The standard InChI is InChI=1S/C5H10N4/c1-5(4-6)9-3-2-7-8-9/h2-3,5H,4,6H2,1H3/t5-/m0/s1. The lowest BCUT2D eigenvalue weighted by Crippen LogP contribution is -2.16. The number of nitrogens with zero attached hydrogens (tertiary/aromatic N) is 3. The number of aromatic nitrogens is 3. The molecule has 0 saturated carbocycles. The average molecular weight is 126 g/mol. The van der Waals surface area contributed by atoms with E-state index < -0.39 is 0 Å². The molecule has 4 nitrogen and oxygen atoms in total. The average Bonchev–Trinajstić information content (AvgIpc) is 2.37. The molecule has 1 heterocycles. The van der Waals surface area contributed by atoms with Gasteiger partial charge in [0.2, 0.25) is 0 Å². The van der Waals surface area contributed by atoms with Gasteiger partial charge in [-0.05, 0) is 6.92 Å².